The molecule has 0 saturated heterocycles. The average molecular weight is 320 g/mol. The van der Waals surface area contributed by atoms with E-state index in [9.17, 15) is 0 Å². The number of nitrogens with zero attached hydrogens (tertiary/aromatic N) is 1. The maximum Gasteiger partial charge on any atom is 0.191 e. The molecule has 116 valence electrons. The Morgan fingerprint density at radius 1 is 1.00 bits per heavy atom. The first kappa shape index (κ1) is 16.5. The van der Waals surface area contributed by atoms with Crippen molar-refractivity contribution in [3.8, 4) is 0 Å². The smallest absolute Gasteiger partial charge is 0.191 e. The molecule has 1 aromatic heterocycles. The molecule has 0 N–H and O–H groups in total. The van der Waals surface area contributed by atoms with Gasteiger partial charge in [0, 0.05) is 13.3 Å². The van der Waals surface area contributed by atoms with E-state index in [0.717, 1.165) is 24.5 Å². The van der Waals surface area contributed by atoms with Crippen LogP contribution in [0.2, 0.25) is 39.3 Å². The van der Waals surface area contributed by atoms with Crippen LogP contribution < -0.4 is 0 Å². The second-order valence-electron chi connectivity index (χ2n) is 8.16. The second-order valence-corrected chi connectivity index (χ2v) is 18.2. The number of oxazole rings is 1. The summed E-state index contributed by atoms with van der Waals surface area (Å²) in [6.45, 7) is 16.7. The summed E-state index contributed by atoms with van der Waals surface area (Å²) in [7, 11) is -2.40. The van der Waals surface area contributed by atoms with Crippen molar-refractivity contribution in [1.29, 1.82) is 0 Å². The van der Waals surface area contributed by atoms with Gasteiger partial charge in [-0.25, -0.2) is 4.98 Å². The molecule has 1 aliphatic carbocycles. The maximum atomic E-state index is 5.56. The quantitative estimate of drug-likeness (QED) is 0.665. The normalized spacial score (nSPS) is 16.0. The van der Waals surface area contributed by atoms with Crippen LogP contribution in [0.3, 0.4) is 0 Å². The summed E-state index contributed by atoms with van der Waals surface area (Å²) < 4.78 is 5.56. The van der Waals surface area contributed by atoms with E-state index in [1.165, 1.54) is 6.42 Å². The third-order valence-electron chi connectivity index (χ3n) is 4.01. The van der Waals surface area contributed by atoms with Gasteiger partial charge in [-0.15, -0.1) is 0 Å². The molecule has 0 radical (unpaired) electrons. The van der Waals surface area contributed by atoms with Gasteiger partial charge in [0.25, 0.3) is 0 Å². The Kier molecular flexibility index (Phi) is 4.50. The van der Waals surface area contributed by atoms with Crippen molar-refractivity contribution in [1.82, 2.24) is 4.98 Å². The first-order valence-electron chi connectivity index (χ1n) is 7.96. The van der Waals surface area contributed by atoms with Crippen molar-refractivity contribution < 1.29 is 4.42 Å². The summed E-state index contributed by atoms with van der Waals surface area (Å²) in [5.74, 6) is 1.80. The first-order chi connectivity index (χ1) is 9.59. The molecule has 0 amide bonds. The minimum absolute atomic E-state index is 0.775. The molecule has 0 bridgehead atoms. The van der Waals surface area contributed by atoms with Crippen molar-refractivity contribution in [3.05, 3.63) is 39.9 Å². The van der Waals surface area contributed by atoms with Crippen LogP contribution in [0.4, 0.5) is 0 Å². The van der Waals surface area contributed by atoms with Gasteiger partial charge in [-0.3, -0.25) is 0 Å². The largest absolute Gasteiger partial charge is 0.446 e. The molecule has 0 aromatic carbocycles. The molecule has 2 rings (SSSR count). The van der Waals surface area contributed by atoms with Crippen LogP contribution in [-0.4, -0.2) is 21.1 Å². The summed E-state index contributed by atoms with van der Waals surface area (Å²) in [5.41, 5.74) is 1.63. The minimum Gasteiger partial charge on any atom is -0.446 e. The van der Waals surface area contributed by atoms with Gasteiger partial charge in [-0.2, -0.15) is 0 Å². The highest BCUT2D eigenvalue weighted by molar-refractivity contribution is 6.93. The SMILES string of the molecule is Cc1ncc(CCCC2=C([Si](C)(C)C)C([Si](C)(C)C)=C2)o1. The Bertz CT molecular complexity index is 583. The lowest BCUT2D eigenvalue weighted by Crippen LogP contribution is -2.39. The molecule has 2 nitrogen and oxygen atoms in total. The molecule has 1 heterocycles. The molecule has 0 fully saturated rings. The summed E-state index contributed by atoms with van der Waals surface area (Å²) in [6, 6.07) is 0. The van der Waals surface area contributed by atoms with Gasteiger partial charge in [0.15, 0.2) is 5.89 Å². The van der Waals surface area contributed by atoms with Crippen LogP contribution in [0.15, 0.2) is 32.7 Å². The predicted molar refractivity (Wildman–Crippen MR) is 96.0 cm³/mol. The van der Waals surface area contributed by atoms with E-state index < -0.39 is 16.1 Å². The van der Waals surface area contributed by atoms with Crippen molar-refractivity contribution >= 4 is 16.1 Å². The zero-order chi connectivity index (χ0) is 15.8. The van der Waals surface area contributed by atoms with E-state index in [4.69, 9.17) is 4.42 Å². The Morgan fingerprint density at radius 3 is 2.14 bits per heavy atom. The first-order valence-corrected chi connectivity index (χ1v) is 15.0. The van der Waals surface area contributed by atoms with Crippen LogP contribution in [0.25, 0.3) is 0 Å². The second kappa shape index (κ2) is 5.73. The van der Waals surface area contributed by atoms with Crippen LogP contribution in [0.5, 0.6) is 0 Å². The summed E-state index contributed by atoms with van der Waals surface area (Å²) >= 11 is 0. The zero-order valence-electron chi connectivity index (χ0n) is 14.6. The zero-order valence-corrected chi connectivity index (χ0v) is 16.6. The number of hydrogen-bond donors (Lipinski definition) is 0. The van der Waals surface area contributed by atoms with E-state index in [2.05, 4.69) is 50.3 Å². The number of aromatic nitrogens is 1. The standard InChI is InChI=1S/C17H29NOSi2/c1-13-18-12-15(19-13)10-8-9-14-11-16(20(2,3)4)17(14)21(5,6)7/h11-12H,8-10H2,1-7H3. The van der Waals surface area contributed by atoms with Crippen LogP contribution in [0.1, 0.15) is 24.5 Å². The van der Waals surface area contributed by atoms with Crippen LogP contribution >= 0.6 is 0 Å². The average Bonchev–Trinajstić information content (AvgIpc) is 2.63. The summed E-state index contributed by atoms with van der Waals surface area (Å²) in [4.78, 5) is 4.17. The number of rotatable bonds is 6. The van der Waals surface area contributed by atoms with Gasteiger partial charge < -0.3 is 4.42 Å². The molecular weight excluding hydrogens is 290 g/mol. The molecule has 4 heteroatoms. The Labute approximate surface area is 131 Å². The van der Waals surface area contributed by atoms with E-state index in [0.29, 0.717) is 0 Å². The maximum absolute atomic E-state index is 5.56. The van der Waals surface area contributed by atoms with Gasteiger partial charge in [0.05, 0.1) is 22.3 Å². The van der Waals surface area contributed by atoms with Crippen LogP contribution in [0, 0.1) is 6.92 Å². The van der Waals surface area contributed by atoms with Crippen molar-refractivity contribution in [2.45, 2.75) is 65.5 Å². The van der Waals surface area contributed by atoms with Gasteiger partial charge in [-0.1, -0.05) is 55.8 Å². The fraction of sp³-hybridized carbons (Fsp3) is 0.588. The van der Waals surface area contributed by atoms with Gasteiger partial charge in [0.2, 0.25) is 0 Å². The molecule has 1 aromatic rings. The summed E-state index contributed by atoms with van der Waals surface area (Å²) in [6.07, 6.45) is 7.72. The Morgan fingerprint density at radius 2 is 1.67 bits per heavy atom. The Balaban J connectivity index is 2.01. The number of aryl methyl sites for hydroxylation is 2. The molecule has 0 atom stereocenters. The lowest BCUT2D eigenvalue weighted by molar-refractivity contribution is 0.469. The predicted octanol–water partition coefficient (Wildman–Crippen LogP) is 5.30. The minimum atomic E-state index is -1.22. The van der Waals surface area contributed by atoms with Crippen molar-refractivity contribution in [3.63, 3.8) is 0 Å². The van der Waals surface area contributed by atoms with Gasteiger partial charge in [-0.05, 0) is 18.4 Å². The lowest BCUT2D eigenvalue weighted by Gasteiger charge is -2.39. The lowest BCUT2D eigenvalue weighted by atomic mass is 10.0. The molecule has 21 heavy (non-hydrogen) atoms. The van der Waals surface area contributed by atoms with Crippen molar-refractivity contribution in [2.75, 3.05) is 0 Å². The highest BCUT2D eigenvalue weighted by Crippen LogP contribution is 2.41. The van der Waals surface area contributed by atoms with Gasteiger partial charge >= 0.3 is 0 Å². The Hall–Kier alpha value is -0.876. The molecule has 1 aliphatic rings. The summed E-state index contributed by atoms with van der Waals surface area (Å²) in [5, 5.41) is 3.50. The van der Waals surface area contributed by atoms with E-state index >= 15 is 0 Å². The van der Waals surface area contributed by atoms with Crippen molar-refractivity contribution in [2.24, 2.45) is 0 Å². The van der Waals surface area contributed by atoms with E-state index in [-0.39, 0.29) is 0 Å². The molecule has 0 unspecified atom stereocenters. The monoisotopic (exact) mass is 319 g/mol. The molecule has 0 aliphatic heterocycles. The topological polar surface area (TPSA) is 26.0 Å². The van der Waals surface area contributed by atoms with E-state index in [1.54, 1.807) is 16.0 Å². The highest BCUT2D eigenvalue weighted by Gasteiger charge is 2.36. The molecule has 0 spiro atoms. The van der Waals surface area contributed by atoms with Gasteiger partial charge in [0.1, 0.15) is 5.76 Å². The fourth-order valence-electron chi connectivity index (χ4n) is 3.06. The fourth-order valence-corrected chi connectivity index (χ4v) is 8.87. The third kappa shape index (κ3) is 3.86. The molecular formula is C17H29NOSi2. The van der Waals surface area contributed by atoms with Crippen LogP contribution in [-0.2, 0) is 6.42 Å². The highest BCUT2D eigenvalue weighted by atomic mass is 28.3. The number of allylic oxidation sites excluding steroid dienone is 4. The van der Waals surface area contributed by atoms with E-state index in [1.807, 2.05) is 13.1 Å². The molecule has 0 saturated carbocycles. The third-order valence-corrected chi connectivity index (χ3v) is 8.36. The number of hydrogen-bond acceptors (Lipinski definition) is 2.